The topological polar surface area (TPSA) is 126 Å². The summed E-state index contributed by atoms with van der Waals surface area (Å²) in [7, 11) is 1.72. The Kier molecular flexibility index (Phi) is 3.26. The van der Waals surface area contributed by atoms with Crippen molar-refractivity contribution in [2.45, 2.75) is 24.5 Å². The Morgan fingerprint density at radius 3 is 2.75 bits per heavy atom. The highest BCUT2D eigenvalue weighted by atomic mass is 16.6. The molecule has 9 heteroatoms. The molecule has 3 heterocycles. The maximum atomic E-state index is 10.0. The molecule has 1 saturated heterocycles. The third-order valence-corrected chi connectivity index (χ3v) is 3.39. The molecule has 0 aliphatic carbocycles. The van der Waals surface area contributed by atoms with Gasteiger partial charge in [-0.2, -0.15) is 0 Å². The second kappa shape index (κ2) is 4.94. The summed E-state index contributed by atoms with van der Waals surface area (Å²) in [6, 6.07) is 0. The van der Waals surface area contributed by atoms with Crippen LogP contribution < -0.4 is 5.32 Å². The normalized spacial score (nSPS) is 30.0. The van der Waals surface area contributed by atoms with Gasteiger partial charge >= 0.3 is 0 Å². The van der Waals surface area contributed by atoms with Crippen molar-refractivity contribution in [1.29, 1.82) is 0 Å². The van der Waals surface area contributed by atoms with E-state index in [9.17, 15) is 10.2 Å². The Morgan fingerprint density at radius 1 is 1.30 bits per heavy atom. The molecular weight excluding hydrogens is 269 g/mol. The zero-order chi connectivity index (χ0) is 14.3. The number of hydrogen-bond acceptors (Lipinski definition) is 8. The minimum atomic E-state index is -1.17. The van der Waals surface area contributed by atoms with E-state index in [4.69, 9.17) is 9.84 Å². The molecule has 1 unspecified atom stereocenters. The molecule has 0 spiro atoms. The van der Waals surface area contributed by atoms with Gasteiger partial charge in [0.1, 0.15) is 30.2 Å². The molecule has 108 valence electrons. The highest BCUT2D eigenvalue weighted by Gasteiger charge is 2.43. The fourth-order valence-electron chi connectivity index (χ4n) is 2.33. The first kappa shape index (κ1) is 13.2. The van der Waals surface area contributed by atoms with Crippen LogP contribution in [-0.2, 0) is 4.74 Å². The lowest BCUT2D eigenvalue weighted by Crippen LogP contribution is -2.33. The minimum Gasteiger partial charge on any atom is -0.394 e. The molecule has 3 rings (SSSR count). The van der Waals surface area contributed by atoms with Crippen LogP contribution in [0.2, 0.25) is 0 Å². The molecule has 2 aromatic heterocycles. The largest absolute Gasteiger partial charge is 0.394 e. The number of aromatic nitrogens is 4. The standard InChI is InChI=1S/C11H15N5O4/c1-12-9-6-10(14-3-13-9)16(4-15-6)11-8(19)7(18)5(2-17)20-11/h3-5,7-8,11,17-19H,2H2,1H3,(H,12,13,14)/t5-,7?,8+,11-/m1/s1/i1+1,3+1,4+1. The molecular formula is C11H15N5O4. The van der Waals surface area contributed by atoms with Crippen LogP contribution in [0.4, 0.5) is 5.82 Å². The molecule has 1 aliphatic rings. The zero-order valence-corrected chi connectivity index (χ0v) is 10.7. The summed E-state index contributed by atoms with van der Waals surface area (Å²) in [5.41, 5.74) is 1.01. The fourth-order valence-corrected chi connectivity index (χ4v) is 2.33. The Balaban J connectivity index is 2.03. The monoisotopic (exact) mass is 284 g/mol. The van der Waals surface area contributed by atoms with Gasteiger partial charge in [0.25, 0.3) is 0 Å². The third-order valence-electron chi connectivity index (χ3n) is 3.39. The number of ether oxygens (including phenoxy) is 1. The van der Waals surface area contributed by atoms with E-state index in [2.05, 4.69) is 20.3 Å². The first-order chi connectivity index (χ1) is 9.67. The second-order valence-electron chi connectivity index (χ2n) is 4.53. The Bertz CT molecular complexity index is 618. The summed E-state index contributed by atoms with van der Waals surface area (Å²) in [6.07, 6.45) is -1.19. The quantitative estimate of drug-likeness (QED) is 0.501. The van der Waals surface area contributed by atoms with E-state index in [1.165, 1.54) is 17.2 Å². The molecule has 0 radical (unpaired) electrons. The molecule has 20 heavy (non-hydrogen) atoms. The van der Waals surface area contributed by atoms with Gasteiger partial charge in [-0.25, -0.2) is 15.0 Å². The molecule has 0 bridgehead atoms. The number of anilines is 1. The average molecular weight is 284 g/mol. The summed E-state index contributed by atoms with van der Waals surface area (Å²) in [6.45, 7) is -0.377. The van der Waals surface area contributed by atoms with Crippen LogP contribution in [0.15, 0.2) is 12.7 Å². The van der Waals surface area contributed by atoms with Crippen molar-refractivity contribution in [3.8, 4) is 0 Å². The Labute approximate surface area is 113 Å². The SMILES string of the molecule is [13CH3]Nc1n[13cH]nc2c1n[13cH]n2[C@@H]1O[C@H](CO)C(O)[C@@H]1O. The summed E-state index contributed by atoms with van der Waals surface area (Å²) in [5, 5.41) is 31.8. The smallest absolute Gasteiger partial charge is 0.167 e. The van der Waals surface area contributed by atoms with Crippen molar-refractivity contribution in [2.75, 3.05) is 19.0 Å². The van der Waals surface area contributed by atoms with E-state index < -0.39 is 24.5 Å². The number of nitrogens with zero attached hydrogens (tertiary/aromatic N) is 4. The lowest BCUT2D eigenvalue weighted by molar-refractivity contribution is -0.0511. The second-order valence-corrected chi connectivity index (χ2v) is 4.53. The van der Waals surface area contributed by atoms with Crippen molar-refractivity contribution in [1.82, 2.24) is 19.5 Å². The Hall–Kier alpha value is -1.81. The van der Waals surface area contributed by atoms with Crippen molar-refractivity contribution in [2.24, 2.45) is 0 Å². The number of rotatable bonds is 3. The van der Waals surface area contributed by atoms with Crippen LogP contribution in [0.5, 0.6) is 0 Å². The van der Waals surface area contributed by atoms with Crippen LogP contribution in [0.3, 0.4) is 0 Å². The lowest BCUT2D eigenvalue weighted by Gasteiger charge is -2.16. The zero-order valence-electron chi connectivity index (χ0n) is 10.7. The van der Waals surface area contributed by atoms with E-state index >= 15 is 0 Å². The molecule has 1 fully saturated rings. The lowest BCUT2D eigenvalue weighted by atomic mass is 10.1. The van der Waals surface area contributed by atoms with Gasteiger partial charge in [-0.15, -0.1) is 0 Å². The molecule has 4 atom stereocenters. The van der Waals surface area contributed by atoms with Gasteiger partial charge in [0.05, 0.1) is 12.9 Å². The van der Waals surface area contributed by atoms with Gasteiger partial charge in [0.2, 0.25) is 0 Å². The van der Waals surface area contributed by atoms with Crippen LogP contribution in [0, 0.1) is 0 Å². The van der Waals surface area contributed by atoms with Gasteiger partial charge in [0, 0.05) is 7.05 Å². The summed E-state index contributed by atoms with van der Waals surface area (Å²) < 4.78 is 6.97. The van der Waals surface area contributed by atoms with Gasteiger partial charge in [0.15, 0.2) is 17.7 Å². The van der Waals surface area contributed by atoms with Gasteiger partial charge in [-0.3, -0.25) is 4.57 Å². The number of fused-ring (bicyclic) bond motifs is 1. The van der Waals surface area contributed by atoms with E-state index in [0.717, 1.165) is 0 Å². The van der Waals surface area contributed by atoms with Gasteiger partial charge in [-0.05, 0) is 0 Å². The maximum absolute atomic E-state index is 10.0. The summed E-state index contributed by atoms with van der Waals surface area (Å²) in [4.78, 5) is 12.3. The van der Waals surface area contributed by atoms with Crippen molar-refractivity contribution in [3.05, 3.63) is 12.7 Å². The molecule has 0 amide bonds. The number of imidazole rings is 1. The summed E-state index contributed by atoms with van der Waals surface area (Å²) >= 11 is 0. The number of hydrogen-bond donors (Lipinski definition) is 4. The molecule has 0 saturated carbocycles. The number of aliphatic hydroxyl groups is 3. The highest BCUT2D eigenvalue weighted by Crippen LogP contribution is 2.31. The van der Waals surface area contributed by atoms with Crippen molar-refractivity contribution in [3.63, 3.8) is 0 Å². The minimum absolute atomic E-state index is 0.377. The van der Waals surface area contributed by atoms with Crippen LogP contribution in [-0.4, -0.2) is 66.8 Å². The van der Waals surface area contributed by atoms with Crippen LogP contribution >= 0.6 is 0 Å². The highest BCUT2D eigenvalue weighted by molar-refractivity contribution is 5.82. The molecule has 0 aromatic carbocycles. The Morgan fingerprint density at radius 2 is 2.10 bits per heavy atom. The van der Waals surface area contributed by atoms with E-state index in [-0.39, 0.29) is 6.61 Å². The van der Waals surface area contributed by atoms with E-state index in [1.54, 1.807) is 7.05 Å². The average Bonchev–Trinajstić information content (AvgIpc) is 3.01. The van der Waals surface area contributed by atoms with Crippen LogP contribution in [0.25, 0.3) is 11.2 Å². The molecule has 9 nitrogen and oxygen atoms in total. The predicted octanol–water partition coefficient (Wildman–Crippen LogP) is -1.52. The van der Waals surface area contributed by atoms with Gasteiger partial charge in [-0.1, -0.05) is 0 Å². The number of aliphatic hydroxyl groups excluding tert-OH is 3. The third kappa shape index (κ3) is 1.83. The van der Waals surface area contributed by atoms with E-state index in [0.29, 0.717) is 17.0 Å². The summed E-state index contributed by atoms with van der Waals surface area (Å²) in [5.74, 6) is 0.556. The maximum Gasteiger partial charge on any atom is 0.167 e. The predicted molar refractivity (Wildman–Crippen MR) is 67.9 cm³/mol. The van der Waals surface area contributed by atoms with Crippen molar-refractivity contribution < 1.29 is 20.1 Å². The van der Waals surface area contributed by atoms with Crippen LogP contribution in [0.1, 0.15) is 6.23 Å². The first-order valence-electron chi connectivity index (χ1n) is 6.15. The first-order valence-corrected chi connectivity index (χ1v) is 6.15. The molecule has 1 aliphatic heterocycles. The number of nitrogens with one attached hydrogen (secondary N) is 1. The molecule has 2 aromatic rings. The van der Waals surface area contributed by atoms with Crippen molar-refractivity contribution >= 4 is 17.0 Å². The van der Waals surface area contributed by atoms with E-state index in [1.807, 2.05) is 0 Å². The van der Waals surface area contributed by atoms with Gasteiger partial charge < -0.3 is 25.4 Å². The molecule has 4 N–H and O–H groups in total. The fraction of sp³-hybridized carbons (Fsp3) is 0.545.